The summed E-state index contributed by atoms with van der Waals surface area (Å²) in [5.41, 5.74) is 1.17. The molecular formula is C10H10ClFO2. The Morgan fingerprint density at radius 3 is 2.71 bits per heavy atom. The van der Waals surface area contributed by atoms with Crippen molar-refractivity contribution in [3.05, 3.63) is 34.6 Å². The summed E-state index contributed by atoms with van der Waals surface area (Å²) in [6, 6.07) is 2.70. The highest BCUT2D eigenvalue weighted by molar-refractivity contribution is 6.17. The fraction of sp³-hybridized carbons (Fsp3) is 0.300. The molecule has 1 aromatic rings. The average Bonchev–Trinajstić information content (AvgIpc) is 2.20. The van der Waals surface area contributed by atoms with Crippen LogP contribution >= 0.6 is 11.6 Å². The minimum Gasteiger partial charge on any atom is -0.465 e. The van der Waals surface area contributed by atoms with Gasteiger partial charge in [0.1, 0.15) is 5.82 Å². The SMILES string of the molecule is COC(=O)c1cc(C)c(F)cc1CCl. The van der Waals surface area contributed by atoms with Gasteiger partial charge in [-0.1, -0.05) is 0 Å². The summed E-state index contributed by atoms with van der Waals surface area (Å²) in [5, 5.41) is 0. The van der Waals surface area contributed by atoms with Gasteiger partial charge in [0.15, 0.2) is 0 Å². The van der Waals surface area contributed by atoms with Crippen LogP contribution in [0.5, 0.6) is 0 Å². The van der Waals surface area contributed by atoms with Crippen molar-refractivity contribution >= 4 is 17.6 Å². The van der Waals surface area contributed by atoms with Gasteiger partial charge >= 0.3 is 5.97 Å². The van der Waals surface area contributed by atoms with Gasteiger partial charge in [-0.3, -0.25) is 0 Å². The number of ether oxygens (including phenoxy) is 1. The molecular weight excluding hydrogens is 207 g/mol. The van der Waals surface area contributed by atoms with Crippen molar-refractivity contribution in [3.8, 4) is 0 Å². The summed E-state index contributed by atoms with van der Waals surface area (Å²) in [6.45, 7) is 1.58. The Kier molecular flexibility index (Phi) is 3.47. The Bertz CT molecular complexity index is 363. The number of hydrogen-bond acceptors (Lipinski definition) is 2. The molecule has 0 heterocycles. The van der Waals surface area contributed by atoms with Crippen LogP contribution in [0.4, 0.5) is 4.39 Å². The zero-order valence-electron chi connectivity index (χ0n) is 7.93. The second-order valence-corrected chi connectivity index (χ2v) is 3.15. The summed E-state index contributed by atoms with van der Waals surface area (Å²) >= 11 is 5.58. The molecule has 1 aromatic carbocycles. The molecule has 14 heavy (non-hydrogen) atoms. The fourth-order valence-electron chi connectivity index (χ4n) is 1.13. The summed E-state index contributed by atoms with van der Waals surface area (Å²) in [7, 11) is 1.28. The first kappa shape index (κ1) is 11.0. The number of hydrogen-bond donors (Lipinski definition) is 0. The molecule has 1 rings (SSSR count). The maximum absolute atomic E-state index is 13.1. The topological polar surface area (TPSA) is 26.3 Å². The Labute approximate surface area is 86.6 Å². The molecule has 0 aliphatic heterocycles. The smallest absolute Gasteiger partial charge is 0.338 e. The monoisotopic (exact) mass is 216 g/mol. The second kappa shape index (κ2) is 4.42. The van der Waals surface area contributed by atoms with Crippen molar-refractivity contribution in [2.45, 2.75) is 12.8 Å². The van der Waals surface area contributed by atoms with E-state index in [-0.39, 0.29) is 11.7 Å². The molecule has 2 nitrogen and oxygen atoms in total. The van der Waals surface area contributed by atoms with Gasteiger partial charge in [-0.15, -0.1) is 11.6 Å². The van der Waals surface area contributed by atoms with Crippen molar-refractivity contribution in [1.29, 1.82) is 0 Å². The van der Waals surface area contributed by atoms with Gasteiger partial charge in [-0.05, 0) is 30.2 Å². The number of benzene rings is 1. The van der Waals surface area contributed by atoms with Gasteiger partial charge in [0.2, 0.25) is 0 Å². The first-order valence-corrected chi connectivity index (χ1v) is 4.57. The lowest BCUT2D eigenvalue weighted by atomic mass is 10.1. The van der Waals surface area contributed by atoms with Gasteiger partial charge in [0, 0.05) is 5.88 Å². The molecule has 0 amide bonds. The van der Waals surface area contributed by atoms with Crippen LogP contribution in [0.2, 0.25) is 0 Å². The number of rotatable bonds is 2. The van der Waals surface area contributed by atoms with Crippen LogP contribution in [0.3, 0.4) is 0 Å². The van der Waals surface area contributed by atoms with Crippen LogP contribution < -0.4 is 0 Å². The fourth-order valence-corrected chi connectivity index (χ4v) is 1.35. The van der Waals surface area contributed by atoms with Crippen LogP contribution in [0, 0.1) is 12.7 Å². The van der Waals surface area contributed by atoms with Crippen LogP contribution in [-0.4, -0.2) is 13.1 Å². The van der Waals surface area contributed by atoms with Crippen molar-refractivity contribution < 1.29 is 13.9 Å². The largest absolute Gasteiger partial charge is 0.465 e. The van der Waals surface area contributed by atoms with E-state index in [1.807, 2.05) is 0 Å². The zero-order chi connectivity index (χ0) is 10.7. The number of alkyl halides is 1. The molecule has 0 aromatic heterocycles. The van der Waals surface area contributed by atoms with Crippen molar-refractivity contribution in [3.63, 3.8) is 0 Å². The van der Waals surface area contributed by atoms with E-state index >= 15 is 0 Å². The van der Waals surface area contributed by atoms with Gasteiger partial charge in [-0.2, -0.15) is 0 Å². The summed E-state index contributed by atoms with van der Waals surface area (Å²) in [4.78, 5) is 11.3. The normalized spacial score (nSPS) is 10.0. The standard InChI is InChI=1S/C10H10ClFO2/c1-6-3-8(10(13)14-2)7(5-11)4-9(6)12/h3-4H,5H2,1-2H3. The molecule has 0 spiro atoms. The number of methoxy groups -OCH3 is 1. The third-order valence-electron chi connectivity index (χ3n) is 1.93. The highest BCUT2D eigenvalue weighted by Gasteiger charge is 2.13. The van der Waals surface area contributed by atoms with E-state index in [0.29, 0.717) is 16.7 Å². The maximum Gasteiger partial charge on any atom is 0.338 e. The van der Waals surface area contributed by atoms with Gasteiger partial charge in [-0.25, -0.2) is 9.18 Å². The Morgan fingerprint density at radius 1 is 1.57 bits per heavy atom. The highest BCUT2D eigenvalue weighted by atomic mass is 35.5. The first-order valence-electron chi connectivity index (χ1n) is 4.03. The maximum atomic E-state index is 13.1. The molecule has 0 fully saturated rings. The van der Waals surface area contributed by atoms with E-state index in [1.165, 1.54) is 19.2 Å². The van der Waals surface area contributed by atoms with E-state index in [1.54, 1.807) is 6.92 Å². The van der Waals surface area contributed by atoms with E-state index in [9.17, 15) is 9.18 Å². The van der Waals surface area contributed by atoms with E-state index in [4.69, 9.17) is 11.6 Å². The van der Waals surface area contributed by atoms with E-state index < -0.39 is 5.97 Å². The molecule has 4 heteroatoms. The number of carbonyl (C=O) groups is 1. The predicted molar refractivity (Wildman–Crippen MR) is 52.0 cm³/mol. The summed E-state index contributed by atoms with van der Waals surface area (Å²) in [6.07, 6.45) is 0. The minimum absolute atomic E-state index is 0.0850. The molecule has 0 unspecified atom stereocenters. The number of aryl methyl sites for hydroxylation is 1. The quantitative estimate of drug-likeness (QED) is 0.561. The van der Waals surface area contributed by atoms with Crippen molar-refractivity contribution in [1.82, 2.24) is 0 Å². The molecule has 0 radical (unpaired) electrons. The van der Waals surface area contributed by atoms with Crippen molar-refractivity contribution in [2.24, 2.45) is 0 Å². The average molecular weight is 217 g/mol. The third-order valence-corrected chi connectivity index (χ3v) is 2.22. The van der Waals surface area contributed by atoms with Crippen LogP contribution in [-0.2, 0) is 10.6 Å². The molecule has 0 saturated carbocycles. The van der Waals surface area contributed by atoms with E-state index in [2.05, 4.69) is 4.74 Å². The number of esters is 1. The lowest BCUT2D eigenvalue weighted by Crippen LogP contribution is -2.06. The van der Waals surface area contributed by atoms with Gasteiger partial charge < -0.3 is 4.74 Å². The number of carbonyl (C=O) groups excluding carboxylic acids is 1. The predicted octanol–water partition coefficient (Wildman–Crippen LogP) is 2.66. The highest BCUT2D eigenvalue weighted by Crippen LogP contribution is 2.18. The van der Waals surface area contributed by atoms with Gasteiger partial charge in [0.25, 0.3) is 0 Å². The first-order chi connectivity index (χ1) is 6.60. The minimum atomic E-state index is -0.497. The Balaban J connectivity index is 3.27. The summed E-state index contributed by atoms with van der Waals surface area (Å²) in [5.74, 6) is -0.779. The summed E-state index contributed by atoms with van der Waals surface area (Å²) < 4.78 is 17.7. The molecule has 0 atom stereocenters. The Hall–Kier alpha value is -1.09. The lowest BCUT2D eigenvalue weighted by Gasteiger charge is -2.07. The van der Waals surface area contributed by atoms with Crippen LogP contribution in [0.15, 0.2) is 12.1 Å². The van der Waals surface area contributed by atoms with Crippen LogP contribution in [0.1, 0.15) is 21.5 Å². The molecule has 0 bridgehead atoms. The van der Waals surface area contributed by atoms with Gasteiger partial charge in [0.05, 0.1) is 12.7 Å². The van der Waals surface area contributed by atoms with Crippen LogP contribution in [0.25, 0.3) is 0 Å². The molecule has 0 saturated heterocycles. The third kappa shape index (κ3) is 2.04. The molecule has 76 valence electrons. The lowest BCUT2D eigenvalue weighted by molar-refractivity contribution is 0.0599. The molecule has 0 aliphatic rings. The molecule has 0 N–H and O–H groups in total. The zero-order valence-corrected chi connectivity index (χ0v) is 8.69. The second-order valence-electron chi connectivity index (χ2n) is 2.88. The van der Waals surface area contributed by atoms with E-state index in [0.717, 1.165) is 0 Å². The van der Waals surface area contributed by atoms with Crippen molar-refractivity contribution in [2.75, 3.05) is 7.11 Å². The Morgan fingerprint density at radius 2 is 2.21 bits per heavy atom. The molecule has 0 aliphatic carbocycles. The number of halogens is 2.